The molecule has 0 bridgehead atoms. The summed E-state index contributed by atoms with van der Waals surface area (Å²) in [6.45, 7) is 2.08. The van der Waals surface area contributed by atoms with Gasteiger partial charge >= 0.3 is 0 Å². The number of amides is 2. The third-order valence-electron chi connectivity index (χ3n) is 6.20. The lowest BCUT2D eigenvalue weighted by Crippen LogP contribution is -2.54. The second-order valence-electron chi connectivity index (χ2n) is 7.47. The van der Waals surface area contributed by atoms with Crippen LogP contribution in [0.4, 0.5) is 0 Å². The molecule has 7 heteroatoms. The molecule has 3 saturated carbocycles. The third kappa shape index (κ3) is 3.36. The molecule has 3 fully saturated rings. The third-order valence-corrected chi connectivity index (χ3v) is 6.20. The molecule has 0 aromatic carbocycles. The molecule has 5 atom stereocenters. The van der Waals surface area contributed by atoms with Crippen molar-refractivity contribution in [3.05, 3.63) is 0 Å². The van der Waals surface area contributed by atoms with Gasteiger partial charge in [0.1, 0.15) is 0 Å². The lowest BCUT2D eigenvalue weighted by atomic mass is 9.78. The zero-order valence-corrected chi connectivity index (χ0v) is 13.7. The number of hydrazine groups is 1. The fourth-order valence-corrected chi connectivity index (χ4v) is 4.74. The minimum atomic E-state index is -0.599. The van der Waals surface area contributed by atoms with Gasteiger partial charge in [-0.05, 0) is 43.4 Å². The predicted octanol–water partition coefficient (Wildman–Crippen LogP) is 0.387. The predicted molar refractivity (Wildman–Crippen MR) is 83.9 cm³/mol. The number of nitrogens with one attached hydrogen (secondary N) is 2. The quantitative estimate of drug-likeness (QED) is 0.332. The van der Waals surface area contributed by atoms with Crippen LogP contribution in [-0.4, -0.2) is 40.7 Å². The van der Waals surface area contributed by atoms with Crippen LogP contribution in [-0.2, 0) is 9.59 Å². The summed E-state index contributed by atoms with van der Waals surface area (Å²) in [6, 6.07) is 0.686. The van der Waals surface area contributed by atoms with E-state index in [1.807, 2.05) is 5.01 Å². The van der Waals surface area contributed by atoms with Crippen molar-refractivity contribution < 1.29 is 14.8 Å². The number of carbonyl (C=O) groups is 2. The van der Waals surface area contributed by atoms with Gasteiger partial charge in [-0.25, -0.2) is 10.5 Å². The Morgan fingerprint density at radius 2 is 1.91 bits per heavy atom. The smallest absolute Gasteiger partial charge is 0.262 e. The summed E-state index contributed by atoms with van der Waals surface area (Å²) < 4.78 is 0. The van der Waals surface area contributed by atoms with E-state index in [2.05, 4.69) is 12.2 Å². The van der Waals surface area contributed by atoms with Crippen molar-refractivity contribution in [2.45, 2.75) is 57.5 Å². The van der Waals surface area contributed by atoms with E-state index in [-0.39, 0.29) is 24.4 Å². The number of carbonyl (C=O) groups excluding carboxylic acids is 2. The molecular weight excluding hydrogens is 296 g/mol. The topological polar surface area (TPSA) is 108 Å². The zero-order chi connectivity index (χ0) is 16.6. The van der Waals surface area contributed by atoms with Gasteiger partial charge in [-0.1, -0.05) is 19.8 Å². The first kappa shape index (κ1) is 16.7. The first-order valence-electron chi connectivity index (χ1n) is 8.76. The Hall–Kier alpha value is -1.18. The number of hydrogen-bond donors (Lipinski definition) is 4. The molecular formula is C16H28N4O3. The van der Waals surface area contributed by atoms with Gasteiger partial charge in [-0.3, -0.25) is 20.6 Å². The Labute approximate surface area is 136 Å². The summed E-state index contributed by atoms with van der Waals surface area (Å²) in [5.74, 6) is 7.20. The molecule has 1 unspecified atom stereocenters. The summed E-state index contributed by atoms with van der Waals surface area (Å²) in [5.41, 5.74) is 1.53. The normalized spacial score (nSPS) is 36.6. The maximum Gasteiger partial charge on any atom is 0.262 e. The monoisotopic (exact) mass is 324 g/mol. The molecule has 5 N–H and O–H groups in total. The van der Waals surface area contributed by atoms with E-state index in [1.165, 1.54) is 18.3 Å². The maximum atomic E-state index is 12.4. The van der Waals surface area contributed by atoms with E-state index in [9.17, 15) is 9.59 Å². The molecule has 0 aromatic heterocycles. The van der Waals surface area contributed by atoms with Crippen molar-refractivity contribution in [3.8, 4) is 0 Å². The van der Waals surface area contributed by atoms with Crippen LogP contribution in [0.2, 0.25) is 0 Å². The van der Waals surface area contributed by atoms with E-state index in [0.717, 1.165) is 25.7 Å². The van der Waals surface area contributed by atoms with Crippen molar-refractivity contribution in [2.24, 2.45) is 29.5 Å². The van der Waals surface area contributed by atoms with Gasteiger partial charge in [0.05, 0.1) is 6.54 Å². The molecule has 3 aliphatic rings. The second-order valence-corrected chi connectivity index (χ2v) is 7.47. The molecule has 3 aliphatic carbocycles. The molecule has 7 nitrogen and oxygen atoms in total. The number of rotatable bonds is 5. The van der Waals surface area contributed by atoms with Gasteiger partial charge in [0.25, 0.3) is 5.91 Å². The van der Waals surface area contributed by atoms with Gasteiger partial charge in [0.2, 0.25) is 5.91 Å². The Balaban J connectivity index is 1.61. The number of nitrogens with two attached hydrogens (primary N) is 1. The van der Waals surface area contributed by atoms with Crippen LogP contribution in [0.1, 0.15) is 45.4 Å². The molecule has 2 amide bonds. The van der Waals surface area contributed by atoms with Gasteiger partial charge < -0.3 is 5.32 Å². The van der Waals surface area contributed by atoms with Crippen molar-refractivity contribution in [1.82, 2.24) is 15.8 Å². The molecule has 0 saturated heterocycles. The van der Waals surface area contributed by atoms with Crippen LogP contribution in [0.15, 0.2) is 0 Å². The standard InChI is InChI=1S/C16H28N4O3/c1-9-11-6-12(11)13(16(22)18-8-15(21)19-23)7-14(9)20(17)10-4-2-3-5-10/h9-14,23H,2-8,17H2,1H3,(H,18,22)(H,19,21)/t9-,11+,12+,13-,14?/m0/s1. The molecule has 0 spiro atoms. The van der Waals surface area contributed by atoms with E-state index in [4.69, 9.17) is 11.0 Å². The van der Waals surface area contributed by atoms with E-state index in [1.54, 1.807) is 0 Å². The van der Waals surface area contributed by atoms with Crippen LogP contribution < -0.4 is 16.6 Å². The average Bonchev–Trinajstić information content (AvgIpc) is 3.17. The maximum absolute atomic E-state index is 12.4. The van der Waals surface area contributed by atoms with Crippen LogP contribution in [0.5, 0.6) is 0 Å². The number of hydroxylamine groups is 1. The van der Waals surface area contributed by atoms with Crippen LogP contribution in [0, 0.1) is 23.7 Å². The average molecular weight is 324 g/mol. The molecule has 3 rings (SSSR count). The van der Waals surface area contributed by atoms with Crippen molar-refractivity contribution in [3.63, 3.8) is 0 Å². The fraction of sp³-hybridized carbons (Fsp3) is 0.875. The largest absolute Gasteiger partial charge is 0.347 e. The van der Waals surface area contributed by atoms with Crippen molar-refractivity contribution in [2.75, 3.05) is 6.54 Å². The Bertz CT molecular complexity index is 466. The van der Waals surface area contributed by atoms with Crippen molar-refractivity contribution in [1.29, 1.82) is 0 Å². The van der Waals surface area contributed by atoms with Crippen molar-refractivity contribution >= 4 is 11.8 Å². The molecule has 0 aliphatic heterocycles. The zero-order valence-electron chi connectivity index (χ0n) is 13.7. The molecule has 130 valence electrons. The lowest BCUT2D eigenvalue weighted by Gasteiger charge is -2.41. The molecule has 23 heavy (non-hydrogen) atoms. The summed E-state index contributed by atoms with van der Waals surface area (Å²) >= 11 is 0. The molecule has 0 heterocycles. The highest BCUT2D eigenvalue weighted by atomic mass is 16.5. The minimum absolute atomic E-state index is 0.0693. The van der Waals surface area contributed by atoms with E-state index in [0.29, 0.717) is 23.8 Å². The second kappa shape index (κ2) is 6.75. The van der Waals surface area contributed by atoms with Gasteiger partial charge in [-0.15, -0.1) is 0 Å². The minimum Gasteiger partial charge on any atom is -0.347 e. The fourth-order valence-electron chi connectivity index (χ4n) is 4.74. The highest BCUT2D eigenvalue weighted by Gasteiger charge is 2.56. The van der Waals surface area contributed by atoms with Crippen LogP contribution in [0.3, 0.4) is 0 Å². The number of nitrogens with zero attached hydrogens (tertiary/aromatic N) is 1. The Kier molecular flexibility index (Phi) is 4.89. The number of fused-ring (bicyclic) bond motifs is 1. The van der Waals surface area contributed by atoms with Crippen LogP contribution in [0.25, 0.3) is 0 Å². The molecule has 0 aromatic rings. The Morgan fingerprint density at radius 1 is 1.22 bits per heavy atom. The highest BCUT2D eigenvalue weighted by molar-refractivity contribution is 5.85. The van der Waals surface area contributed by atoms with Gasteiger partial charge in [0, 0.05) is 18.0 Å². The van der Waals surface area contributed by atoms with E-state index >= 15 is 0 Å². The SMILES string of the molecule is C[C@@H]1C(N(N)C2CCCC2)C[C@H](C(=O)NCC(=O)NO)[C@@H]2C[C@@H]21. The summed E-state index contributed by atoms with van der Waals surface area (Å²) in [5, 5.41) is 13.2. The lowest BCUT2D eigenvalue weighted by molar-refractivity contribution is -0.133. The van der Waals surface area contributed by atoms with Gasteiger partial charge in [-0.2, -0.15) is 0 Å². The molecule has 0 radical (unpaired) electrons. The summed E-state index contributed by atoms with van der Waals surface area (Å²) in [7, 11) is 0. The summed E-state index contributed by atoms with van der Waals surface area (Å²) in [6.07, 6.45) is 6.64. The summed E-state index contributed by atoms with van der Waals surface area (Å²) in [4.78, 5) is 23.5. The van der Waals surface area contributed by atoms with Crippen LogP contribution >= 0.6 is 0 Å². The first-order chi connectivity index (χ1) is 11.0. The number of hydrogen-bond acceptors (Lipinski definition) is 5. The Morgan fingerprint density at radius 3 is 2.57 bits per heavy atom. The highest BCUT2D eigenvalue weighted by Crippen LogP contribution is 2.56. The first-order valence-corrected chi connectivity index (χ1v) is 8.76. The van der Waals surface area contributed by atoms with Gasteiger partial charge in [0.15, 0.2) is 0 Å². The van der Waals surface area contributed by atoms with E-state index < -0.39 is 5.91 Å².